The monoisotopic (exact) mass is 377 g/mol. The Morgan fingerprint density at radius 2 is 2.08 bits per heavy atom. The molecule has 0 aliphatic carbocycles. The third-order valence-electron chi connectivity index (χ3n) is 4.92. The molecular weight excluding hydrogens is 354 g/mol. The van der Waals surface area contributed by atoms with Crippen LogP contribution >= 0.6 is 11.8 Å². The van der Waals surface area contributed by atoms with E-state index >= 15 is 0 Å². The van der Waals surface area contributed by atoms with Gasteiger partial charge in [0, 0.05) is 12.2 Å². The lowest BCUT2D eigenvalue weighted by Gasteiger charge is -2.29. The maximum Gasteiger partial charge on any atom is 0.276 e. The molecule has 0 radical (unpaired) electrons. The summed E-state index contributed by atoms with van der Waals surface area (Å²) >= 11 is 1.61. The molecule has 2 heterocycles. The summed E-state index contributed by atoms with van der Waals surface area (Å²) < 4.78 is 5.43. The summed E-state index contributed by atoms with van der Waals surface area (Å²) in [6.07, 6.45) is 1.21. The van der Waals surface area contributed by atoms with E-state index in [1.807, 2.05) is 32.9 Å². The second kappa shape index (κ2) is 7.19. The van der Waals surface area contributed by atoms with Gasteiger partial charge < -0.3 is 9.64 Å². The van der Waals surface area contributed by atoms with Gasteiger partial charge in [-0.3, -0.25) is 25.2 Å². The van der Waals surface area contributed by atoms with Crippen molar-refractivity contribution in [3.05, 3.63) is 29.3 Å². The second-order valence-corrected chi connectivity index (χ2v) is 8.34. The molecule has 2 saturated heterocycles. The lowest BCUT2D eigenvalue weighted by atomic mass is 10.1. The fourth-order valence-corrected chi connectivity index (χ4v) is 4.65. The molecule has 0 unspecified atom stereocenters. The maximum absolute atomic E-state index is 12.4. The third kappa shape index (κ3) is 3.65. The zero-order valence-corrected chi connectivity index (χ0v) is 15.9. The van der Waals surface area contributed by atoms with Crippen molar-refractivity contribution in [1.82, 2.24) is 15.8 Å². The van der Waals surface area contributed by atoms with E-state index in [9.17, 15) is 14.4 Å². The van der Waals surface area contributed by atoms with Crippen LogP contribution in [0.3, 0.4) is 0 Å². The third-order valence-corrected chi connectivity index (χ3v) is 6.43. The van der Waals surface area contributed by atoms with Gasteiger partial charge in [-0.1, -0.05) is 6.07 Å². The molecule has 3 rings (SSSR count). The second-order valence-electron chi connectivity index (χ2n) is 6.84. The predicted octanol–water partition coefficient (Wildman–Crippen LogP) is 1.28. The Kier molecular flexibility index (Phi) is 5.13. The number of ether oxygens (including phenoxy) is 1. The normalized spacial score (nSPS) is 24.3. The Hall–Kier alpha value is -2.22. The molecule has 0 spiro atoms. The van der Waals surface area contributed by atoms with Crippen molar-refractivity contribution in [1.29, 1.82) is 0 Å². The lowest BCUT2D eigenvalue weighted by molar-refractivity contribution is -0.139. The summed E-state index contributed by atoms with van der Waals surface area (Å²) in [5.41, 5.74) is 6.98. The number of aryl methyl sites for hydroxylation is 2. The molecule has 8 heteroatoms. The van der Waals surface area contributed by atoms with Crippen LogP contribution < -0.4 is 15.6 Å². The van der Waals surface area contributed by atoms with Gasteiger partial charge in [-0.25, -0.2) is 0 Å². The number of hydrogen-bond donors (Lipinski definition) is 2. The molecule has 2 aliphatic rings. The topological polar surface area (TPSA) is 87.7 Å². The van der Waals surface area contributed by atoms with Crippen LogP contribution in [-0.2, 0) is 14.4 Å². The Balaban J connectivity index is 1.48. The van der Waals surface area contributed by atoms with Crippen LogP contribution in [0.25, 0.3) is 0 Å². The molecule has 0 aromatic heterocycles. The average Bonchev–Trinajstić information content (AvgIpc) is 3.10. The van der Waals surface area contributed by atoms with Crippen LogP contribution in [0.4, 0.5) is 0 Å². The first-order valence-electron chi connectivity index (χ1n) is 8.55. The molecule has 140 valence electrons. The first-order valence-corrected chi connectivity index (χ1v) is 9.53. The molecule has 2 atom stereocenters. The molecule has 2 fully saturated rings. The first kappa shape index (κ1) is 18.6. The van der Waals surface area contributed by atoms with Crippen molar-refractivity contribution >= 4 is 29.5 Å². The zero-order chi connectivity index (χ0) is 18.9. The van der Waals surface area contributed by atoms with Crippen LogP contribution in [0.5, 0.6) is 5.75 Å². The van der Waals surface area contributed by atoms with E-state index in [0.717, 1.165) is 17.5 Å². The van der Waals surface area contributed by atoms with E-state index in [1.165, 1.54) is 0 Å². The van der Waals surface area contributed by atoms with Crippen molar-refractivity contribution in [2.75, 3.05) is 12.4 Å². The van der Waals surface area contributed by atoms with Crippen molar-refractivity contribution < 1.29 is 19.1 Å². The van der Waals surface area contributed by atoms with E-state index < -0.39 is 11.9 Å². The first-order chi connectivity index (χ1) is 12.3. The highest BCUT2D eigenvalue weighted by molar-refractivity contribution is 8.01. The number of hydrogen-bond acceptors (Lipinski definition) is 5. The van der Waals surface area contributed by atoms with Crippen LogP contribution in [0.2, 0.25) is 0 Å². The zero-order valence-electron chi connectivity index (χ0n) is 15.1. The number of amides is 3. The highest BCUT2D eigenvalue weighted by Crippen LogP contribution is 2.47. The standard InChI is InChI=1S/C18H23N3O4S/c1-11-4-5-13(8-12(11)2)25-9-15(22)19-20-17(24)14-10-26-18(3)7-6-16(23)21(14)18/h4-5,8,14H,6-7,9-10H2,1-3H3,(H,19,22)(H,20,24)/t14-,18+/m0/s1. The molecule has 2 N–H and O–H groups in total. The Bertz CT molecular complexity index is 754. The van der Waals surface area contributed by atoms with Gasteiger partial charge >= 0.3 is 0 Å². The number of rotatable bonds is 4. The average molecular weight is 377 g/mol. The minimum absolute atomic E-state index is 0.0120. The Labute approximate surface area is 156 Å². The van der Waals surface area contributed by atoms with E-state index in [2.05, 4.69) is 10.9 Å². The Morgan fingerprint density at radius 1 is 1.31 bits per heavy atom. The van der Waals surface area contributed by atoms with E-state index in [0.29, 0.717) is 17.9 Å². The molecule has 1 aromatic carbocycles. The molecule has 0 bridgehead atoms. The largest absolute Gasteiger partial charge is 0.484 e. The smallest absolute Gasteiger partial charge is 0.276 e. The van der Waals surface area contributed by atoms with Crippen LogP contribution in [0.15, 0.2) is 18.2 Å². The van der Waals surface area contributed by atoms with E-state index in [4.69, 9.17) is 4.74 Å². The SMILES string of the molecule is Cc1ccc(OCC(=O)NNC(=O)[C@@H]2CS[C@]3(C)CCC(=O)N23)cc1C. The summed E-state index contributed by atoms with van der Waals surface area (Å²) in [5.74, 6) is 0.277. The number of carbonyl (C=O) groups excluding carboxylic acids is 3. The van der Waals surface area contributed by atoms with Gasteiger partial charge in [0.25, 0.3) is 11.8 Å². The fourth-order valence-electron chi connectivity index (χ4n) is 3.22. The molecule has 0 saturated carbocycles. The molecular formula is C18H23N3O4S. The van der Waals surface area contributed by atoms with Gasteiger partial charge in [0.2, 0.25) is 5.91 Å². The highest BCUT2D eigenvalue weighted by Gasteiger charge is 2.52. The van der Waals surface area contributed by atoms with Gasteiger partial charge in [-0.05, 0) is 50.5 Å². The summed E-state index contributed by atoms with van der Waals surface area (Å²) in [5, 5.41) is 0. The summed E-state index contributed by atoms with van der Waals surface area (Å²) in [7, 11) is 0. The van der Waals surface area contributed by atoms with E-state index in [1.54, 1.807) is 22.7 Å². The molecule has 2 aliphatic heterocycles. The number of hydrazine groups is 1. The number of nitrogens with zero attached hydrogens (tertiary/aromatic N) is 1. The van der Waals surface area contributed by atoms with Gasteiger partial charge in [0.15, 0.2) is 6.61 Å². The Morgan fingerprint density at radius 3 is 2.81 bits per heavy atom. The summed E-state index contributed by atoms with van der Waals surface area (Å²) in [6, 6.07) is 5.02. The minimum Gasteiger partial charge on any atom is -0.484 e. The number of benzene rings is 1. The summed E-state index contributed by atoms with van der Waals surface area (Å²) in [6.45, 7) is 5.74. The van der Waals surface area contributed by atoms with Crippen molar-refractivity contribution in [2.24, 2.45) is 0 Å². The van der Waals surface area contributed by atoms with Crippen molar-refractivity contribution in [3.8, 4) is 5.75 Å². The summed E-state index contributed by atoms with van der Waals surface area (Å²) in [4.78, 5) is 37.7. The van der Waals surface area contributed by atoms with Crippen LogP contribution in [-0.4, -0.2) is 45.9 Å². The van der Waals surface area contributed by atoms with Gasteiger partial charge in [0.1, 0.15) is 11.8 Å². The number of thioether (sulfide) groups is 1. The minimum atomic E-state index is -0.555. The maximum atomic E-state index is 12.4. The number of fused-ring (bicyclic) bond motifs is 1. The van der Waals surface area contributed by atoms with Gasteiger partial charge in [-0.2, -0.15) is 0 Å². The van der Waals surface area contributed by atoms with Crippen molar-refractivity contribution in [3.63, 3.8) is 0 Å². The number of carbonyl (C=O) groups is 3. The quantitative estimate of drug-likeness (QED) is 0.772. The number of nitrogens with one attached hydrogen (secondary N) is 2. The van der Waals surface area contributed by atoms with Gasteiger partial charge in [0.05, 0.1) is 4.87 Å². The highest BCUT2D eigenvalue weighted by atomic mass is 32.2. The van der Waals surface area contributed by atoms with E-state index in [-0.39, 0.29) is 23.3 Å². The fraction of sp³-hybridized carbons (Fsp3) is 0.500. The molecule has 3 amide bonds. The molecule has 1 aromatic rings. The van der Waals surface area contributed by atoms with Crippen molar-refractivity contribution in [2.45, 2.75) is 44.5 Å². The molecule has 26 heavy (non-hydrogen) atoms. The molecule has 7 nitrogen and oxygen atoms in total. The van der Waals surface area contributed by atoms with Crippen LogP contribution in [0, 0.1) is 13.8 Å². The lowest BCUT2D eigenvalue weighted by Crippen LogP contribution is -2.54. The van der Waals surface area contributed by atoms with Gasteiger partial charge in [-0.15, -0.1) is 11.8 Å². The predicted molar refractivity (Wildman–Crippen MR) is 98.4 cm³/mol. The van der Waals surface area contributed by atoms with Crippen LogP contribution in [0.1, 0.15) is 30.9 Å².